The lowest BCUT2D eigenvalue weighted by atomic mass is 10.1. The van der Waals surface area contributed by atoms with Gasteiger partial charge >= 0.3 is 17.8 Å². The molecule has 0 N–H and O–H groups in total. The number of amides is 4. The van der Waals surface area contributed by atoms with Gasteiger partial charge in [-0.15, -0.1) is 0 Å². The molecule has 3 rings (SSSR count). The number of piperazine rings is 1. The lowest BCUT2D eigenvalue weighted by Crippen LogP contribution is -2.60. The molecule has 9 nitrogen and oxygen atoms in total. The minimum Gasteiger partial charge on any atom is -0.472 e. The number of urea groups is 1. The third kappa shape index (κ3) is 3.70. The van der Waals surface area contributed by atoms with Crippen LogP contribution in [0.15, 0.2) is 18.6 Å². The second kappa shape index (κ2) is 7.45. The van der Waals surface area contributed by atoms with Crippen molar-refractivity contribution in [2.75, 3.05) is 32.7 Å². The first-order valence-corrected chi connectivity index (χ1v) is 8.42. The van der Waals surface area contributed by atoms with E-state index in [4.69, 9.17) is 4.74 Å². The molecule has 0 aromatic carbocycles. The summed E-state index contributed by atoms with van der Waals surface area (Å²) in [5.74, 6) is -0.915. The monoisotopic (exact) mass is 347 g/mol. The fourth-order valence-electron chi connectivity index (χ4n) is 3.06. The van der Waals surface area contributed by atoms with Crippen molar-refractivity contribution < 1.29 is 19.1 Å². The van der Waals surface area contributed by atoms with Crippen LogP contribution in [0.2, 0.25) is 0 Å². The van der Waals surface area contributed by atoms with Crippen molar-refractivity contribution in [2.24, 2.45) is 0 Å². The topological polar surface area (TPSA) is 95.9 Å². The average Bonchev–Trinajstić information content (AvgIpc) is 2.64. The molecule has 2 aliphatic rings. The van der Waals surface area contributed by atoms with Crippen LogP contribution in [0.25, 0.3) is 0 Å². The first-order valence-electron chi connectivity index (χ1n) is 8.42. The number of likely N-dealkylation sites (N-methyl/N-ethyl adjacent to an activating group) is 1. The van der Waals surface area contributed by atoms with E-state index in [2.05, 4.69) is 9.97 Å². The molecule has 25 heavy (non-hydrogen) atoms. The van der Waals surface area contributed by atoms with E-state index in [-0.39, 0.29) is 12.6 Å². The Kier molecular flexibility index (Phi) is 5.11. The normalized spacial score (nSPS) is 21.5. The second-order valence-corrected chi connectivity index (χ2v) is 6.00. The van der Waals surface area contributed by atoms with Gasteiger partial charge in [0.15, 0.2) is 0 Å². The van der Waals surface area contributed by atoms with Crippen molar-refractivity contribution in [3.63, 3.8) is 0 Å². The highest BCUT2D eigenvalue weighted by molar-refractivity contribution is 6.38. The molecule has 0 bridgehead atoms. The SMILES string of the molecule is CCN1CCN(C(=O)N2CCC[C@@H](Oc3ccncn3)C2)C(=O)C1=O. The molecule has 134 valence electrons. The summed E-state index contributed by atoms with van der Waals surface area (Å²) in [6.07, 6.45) is 4.35. The van der Waals surface area contributed by atoms with Gasteiger partial charge in [0.25, 0.3) is 0 Å². The number of carbonyl (C=O) groups excluding carboxylic acids is 3. The van der Waals surface area contributed by atoms with E-state index >= 15 is 0 Å². The van der Waals surface area contributed by atoms with Crippen LogP contribution in [0.5, 0.6) is 5.88 Å². The lowest BCUT2D eigenvalue weighted by Gasteiger charge is -2.38. The van der Waals surface area contributed by atoms with Gasteiger partial charge in [-0.3, -0.25) is 14.5 Å². The second-order valence-electron chi connectivity index (χ2n) is 6.00. The van der Waals surface area contributed by atoms with E-state index in [0.717, 1.165) is 17.7 Å². The average molecular weight is 347 g/mol. The molecular formula is C16H21N5O4. The number of likely N-dealkylation sites (tertiary alicyclic amines) is 1. The van der Waals surface area contributed by atoms with E-state index in [1.54, 1.807) is 17.2 Å². The third-order valence-corrected chi connectivity index (χ3v) is 4.41. The highest BCUT2D eigenvalue weighted by atomic mass is 16.5. The Bertz CT molecular complexity index is 653. The quantitative estimate of drug-likeness (QED) is 0.721. The Hall–Kier alpha value is -2.71. The van der Waals surface area contributed by atoms with Crippen molar-refractivity contribution in [3.05, 3.63) is 18.6 Å². The zero-order chi connectivity index (χ0) is 17.8. The number of imide groups is 1. The maximum Gasteiger partial charge on any atom is 0.327 e. The number of nitrogens with zero attached hydrogens (tertiary/aromatic N) is 5. The molecule has 2 fully saturated rings. The molecule has 1 atom stereocenters. The predicted molar refractivity (Wildman–Crippen MR) is 86.6 cm³/mol. The van der Waals surface area contributed by atoms with Gasteiger partial charge < -0.3 is 14.5 Å². The fraction of sp³-hybridized carbons (Fsp3) is 0.562. The number of aromatic nitrogens is 2. The summed E-state index contributed by atoms with van der Waals surface area (Å²) in [6.45, 7) is 3.77. The molecule has 1 aromatic rings. The number of hydrogen-bond acceptors (Lipinski definition) is 6. The van der Waals surface area contributed by atoms with Crippen LogP contribution in [-0.2, 0) is 9.59 Å². The number of hydrogen-bond donors (Lipinski definition) is 0. The van der Waals surface area contributed by atoms with E-state index in [9.17, 15) is 14.4 Å². The van der Waals surface area contributed by atoms with Gasteiger partial charge in [-0.25, -0.2) is 14.8 Å². The minimum absolute atomic E-state index is 0.199. The van der Waals surface area contributed by atoms with Crippen molar-refractivity contribution in [1.29, 1.82) is 0 Å². The van der Waals surface area contributed by atoms with Crippen molar-refractivity contribution >= 4 is 17.8 Å². The first-order chi connectivity index (χ1) is 12.1. The highest BCUT2D eigenvalue weighted by Gasteiger charge is 2.38. The zero-order valence-electron chi connectivity index (χ0n) is 14.1. The molecule has 3 heterocycles. The standard InChI is InChI=1S/C16H21N5O4/c1-2-19-8-9-21(15(23)14(19)22)16(24)20-7-3-4-12(10-20)25-13-5-6-17-11-18-13/h5-6,11-12H,2-4,7-10H2,1H3/t12-/m1/s1. The maximum atomic E-state index is 12.7. The predicted octanol–water partition coefficient (Wildman–Crippen LogP) is 0.131. The Balaban J connectivity index is 1.62. The summed E-state index contributed by atoms with van der Waals surface area (Å²) in [6, 6.07) is 1.23. The van der Waals surface area contributed by atoms with E-state index in [1.807, 2.05) is 6.92 Å². The van der Waals surface area contributed by atoms with Gasteiger partial charge in [0.1, 0.15) is 12.4 Å². The van der Waals surface area contributed by atoms with Crippen molar-refractivity contribution in [1.82, 2.24) is 24.7 Å². The van der Waals surface area contributed by atoms with E-state index in [1.165, 1.54) is 11.2 Å². The molecule has 2 saturated heterocycles. The first kappa shape index (κ1) is 17.1. The number of ether oxygens (including phenoxy) is 1. The van der Waals surface area contributed by atoms with Gasteiger partial charge in [0.2, 0.25) is 5.88 Å². The summed E-state index contributed by atoms with van der Waals surface area (Å²) >= 11 is 0. The molecule has 0 aliphatic carbocycles. The largest absolute Gasteiger partial charge is 0.472 e. The molecular weight excluding hydrogens is 326 g/mol. The fourth-order valence-corrected chi connectivity index (χ4v) is 3.06. The van der Waals surface area contributed by atoms with Crippen LogP contribution in [-0.4, -0.2) is 81.3 Å². The number of piperidine rings is 1. The zero-order valence-corrected chi connectivity index (χ0v) is 14.1. The molecule has 9 heteroatoms. The Morgan fingerprint density at radius 2 is 2.12 bits per heavy atom. The van der Waals surface area contributed by atoms with Crippen LogP contribution in [0.3, 0.4) is 0 Å². The smallest absolute Gasteiger partial charge is 0.327 e. The highest BCUT2D eigenvalue weighted by Crippen LogP contribution is 2.18. The summed E-state index contributed by atoms with van der Waals surface area (Å²) in [7, 11) is 0. The Labute approximate surface area is 145 Å². The number of carbonyl (C=O) groups is 3. The van der Waals surface area contributed by atoms with Crippen molar-refractivity contribution in [3.8, 4) is 5.88 Å². The van der Waals surface area contributed by atoms with Gasteiger partial charge in [0, 0.05) is 38.4 Å². The van der Waals surface area contributed by atoms with Gasteiger partial charge in [-0.2, -0.15) is 0 Å². The molecule has 1 aromatic heterocycles. The maximum absolute atomic E-state index is 12.7. The van der Waals surface area contributed by atoms with E-state index in [0.29, 0.717) is 32.1 Å². The summed E-state index contributed by atoms with van der Waals surface area (Å²) in [5.41, 5.74) is 0. The van der Waals surface area contributed by atoms with Crippen LogP contribution < -0.4 is 4.74 Å². The minimum atomic E-state index is -0.753. The molecule has 0 radical (unpaired) electrons. The van der Waals surface area contributed by atoms with E-state index < -0.39 is 17.8 Å². The van der Waals surface area contributed by atoms with Crippen LogP contribution in [0.4, 0.5) is 4.79 Å². The van der Waals surface area contributed by atoms with Gasteiger partial charge in [-0.05, 0) is 19.8 Å². The van der Waals surface area contributed by atoms with Gasteiger partial charge in [0.05, 0.1) is 6.54 Å². The molecule has 0 spiro atoms. The molecule has 0 unspecified atom stereocenters. The summed E-state index contributed by atoms with van der Waals surface area (Å²) in [5, 5.41) is 0. The molecule has 4 amide bonds. The number of rotatable bonds is 3. The third-order valence-electron chi connectivity index (χ3n) is 4.41. The molecule has 2 aliphatic heterocycles. The van der Waals surface area contributed by atoms with Crippen LogP contribution in [0.1, 0.15) is 19.8 Å². The van der Waals surface area contributed by atoms with Crippen LogP contribution in [0, 0.1) is 0 Å². The summed E-state index contributed by atoms with van der Waals surface area (Å²) in [4.78, 5) is 48.8. The Morgan fingerprint density at radius 3 is 2.84 bits per heavy atom. The lowest BCUT2D eigenvalue weighted by molar-refractivity contribution is -0.154. The van der Waals surface area contributed by atoms with Crippen molar-refractivity contribution in [2.45, 2.75) is 25.9 Å². The summed E-state index contributed by atoms with van der Waals surface area (Å²) < 4.78 is 5.78. The van der Waals surface area contributed by atoms with Gasteiger partial charge in [-0.1, -0.05) is 0 Å². The van der Waals surface area contributed by atoms with Crippen LogP contribution >= 0.6 is 0 Å². The molecule has 0 saturated carbocycles. The Morgan fingerprint density at radius 1 is 1.28 bits per heavy atom.